The molecule has 2 rings (SSSR count). The SMILES string of the molecule is Fc1ccc(CC2(C(F)(F)F)CCO2)c(Br)c1. The van der Waals surface area contributed by atoms with E-state index in [4.69, 9.17) is 4.74 Å². The summed E-state index contributed by atoms with van der Waals surface area (Å²) in [6.45, 7) is 0.109. The normalized spacial score (nSPS) is 24.5. The maximum Gasteiger partial charge on any atom is 0.417 e. The van der Waals surface area contributed by atoms with Crippen molar-refractivity contribution in [2.45, 2.75) is 24.6 Å². The van der Waals surface area contributed by atoms with Crippen LogP contribution >= 0.6 is 15.9 Å². The molecule has 6 heteroatoms. The zero-order valence-corrected chi connectivity index (χ0v) is 10.2. The van der Waals surface area contributed by atoms with Gasteiger partial charge >= 0.3 is 6.18 Å². The fraction of sp³-hybridized carbons (Fsp3) is 0.455. The van der Waals surface area contributed by atoms with Gasteiger partial charge in [0.2, 0.25) is 0 Å². The van der Waals surface area contributed by atoms with Crippen LogP contribution in [0, 0.1) is 5.82 Å². The van der Waals surface area contributed by atoms with Gasteiger partial charge in [-0.15, -0.1) is 0 Å². The highest BCUT2D eigenvalue weighted by atomic mass is 79.9. The van der Waals surface area contributed by atoms with Crippen LogP contribution in [-0.4, -0.2) is 18.4 Å². The summed E-state index contributed by atoms with van der Waals surface area (Å²) in [6.07, 6.45) is -4.75. The molecule has 1 aliphatic rings. The van der Waals surface area contributed by atoms with Gasteiger partial charge in [0.25, 0.3) is 0 Å². The number of alkyl halides is 3. The molecule has 0 bridgehead atoms. The molecule has 0 N–H and O–H groups in total. The van der Waals surface area contributed by atoms with Crippen molar-refractivity contribution in [1.82, 2.24) is 0 Å². The van der Waals surface area contributed by atoms with E-state index in [2.05, 4.69) is 15.9 Å². The van der Waals surface area contributed by atoms with Gasteiger partial charge < -0.3 is 4.74 Å². The molecule has 1 saturated heterocycles. The molecule has 1 heterocycles. The Hall–Kier alpha value is -0.620. The highest BCUT2D eigenvalue weighted by molar-refractivity contribution is 9.10. The largest absolute Gasteiger partial charge is 0.417 e. The second kappa shape index (κ2) is 4.24. The Bertz CT molecular complexity index is 426. The third-order valence-electron chi connectivity index (χ3n) is 2.89. The Morgan fingerprint density at radius 3 is 2.41 bits per heavy atom. The smallest absolute Gasteiger partial charge is 0.365 e. The zero-order valence-electron chi connectivity index (χ0n) is 8.65. The van der Waals surface area contributed by atoms with Gasteiger partial charge in [-0.3, -0.25) is 0 Å². The van der Waals surface area contributed by atoms with Crippen molar-refractivity contribution in [3.05, 3.63) is 34.1 Å². The predicted octanol–water partition coefficient (Wildman–Crippen LogP) is 3.85. The Balaban J connectivity index is 2.25. The average Bonchev–Trinajstić information content (AvgIpc) is 2.11. The first-order chi connectivity index (χ1) is 7.84. The summed E-state index contributed by atoms with van der Waals surface area (Å²) in [7, 11) is 0. The molecule has 94 valence electrons. The summed E-state index contributed by atoms with van der Waals surface area (Å²) in [4.78, 5) is 0. The minimum Gasteiger partial charge on any atom is -0.365 e. The molecule has 1 nitrogen and oxygen atoms in total. The van der Waals surface area contributed by atoms with Crippen LogP contribution in [0.1, 0.15) is 12.0 Å². The Labute approximate surface area is 104 Å². The van der Waals surface area contributed by atoms with Crippen LogP contribution in [0.15, 0.2) is 22.7 Å². The maximum absolute atomic E-state index is 12.8. The van der Waals surface area contributed by atoms with Crippen LogP contribution in [0.3, 0.4) is 0 Å². The molecule has 1 aromatic carbocycles. The van der Waals surface area contributed by atoms with Crippen LogP contribution in [0.4, 0.5) is 17.6 Å². The first kappa shape index (κ1) is 12.8. The molecule has 0 radical (unpaired) electrons. The van der Waals surface area contributed by atoms with Crippen LogP contribution in [0.2, 0.25) is 0 Å². The molecular weight excluding hydrogens is 304 g/mol. The average molecular weight is 313 g/mol. The van der Waals surface area contributed by atoms with Gasteiger partial charge in [0, 0.05) is 17.3 Å². The highest BCUT2D eigenvalue weighted by Crippen LogP contribution is 2.45. The minimum atomic E-state index is -4.40. The summed E-state index contributed by atoms with van der Waals surface area (Å²) in [5.74, 6) is -0.490. The highest BCUT2D eigenvalue weighted by Gasteiger charge is 2.60. The molecule has 1 unspecified atom stereocenters. The molecule has 1 aromatic rings. The van der Waals surface area contributed by atoms with E-state index in [0.29, 0.717) is 10.0 Å². The summed E-state index contributed by atoms with van der Waals surface area (Å²) < 4.78 is 56.4. The third kappa shape index (κ3) is 2.33. The topological polar surface area (TPSA) is 9.23 Å². The fourth-order valence-electron chi connectivity index (χ4n) is 1.78. The predicted molar refractivity (Wildman–Crippen MR) is 57.2 cm³/mol. The van der Waals surface area contributed by atoms with Gasteiger partial charge in [0.05, 0.1) is 6.61 Å². The number of rotatable bonds is 2. The number of hydrogen-bond acceptors (Lipinski definition) is 1. The first-order valence-corrected chi connectivity index (χ1v) is 5.78. The third-order valence-corrected chi connectivity index (χ3v) is 3.63. The lowest BCUT2D eigenvalue weighted by atomic mass is 9.87. The van der Waals surface area contributed by atoms with Crippen LogP contribution in [0.25, 0.3) is 0 Å². The van der Waals surface area contributed by atoms with Crippen LogP contribution in [0.5, 0.6) is 0 Å². The number of halogens is 5. The fourth-order valence-corrected chi connectivity index (χ4v) is 2.28. The van der Waals surface area contributed by atoms with E-state index in [1.165, 1.54) is 6.07 Å². The Kier molecular flexibility index (Phi) is 3.20. The lowest BCUT2D eigenvalue weighted by Crippen LogP contribution is -2.57. The van der Waals surface area contributed by atoms with E-state index in [-0.39, 0.29) is 19.4 Å². The van der Waals surface area contributed by atoms with Gasteiger partial charge in [-0.25, -0.2) is 4.39 Å². The molecule has 1 atom stereocenters. The van der Waals surface area contributed by atoms with Crippen molar-refractivity contribution >= 4 is 15.9 Å². The maximum atomic E-state index is 12.8. The summed E-state index contributed by atoms with van der Waals surface area (Å²) >= 11 is 3.06. The number of hydrogen-bond donors (Lipinski definition) is 0. The van der Waals surface area contributed by atoms with Crippen LogP contribution < -0.4 is 0 Å². The Morgan fingerprint density at radius 2 is 2.00 bits per heavy atom. The van der Waals surface area contributed by atoms with Crippen molar-refractivity contribution in [3.8, 4) is 0 Å². The Morgan fingerprint density at radius 1 is 1.35 bits per heavy atom. The molecule has 17 heavy (non-hydrogen) atoms. The van der Waals surface area contributed by atoms with Crippen molar-refractivity contribution in [2.24, 2.45) is 0 Å². The molecule has 0 aromatic heterocycles. The van der Waals surface area contributed by atoms with Gasteiger partial charge in [0.15, 0.2) is 5.60 Å². The molecule has 0 amide bonds. The van der Waals surface area contributed by atoms with Gasteiger partial charge in [-0.1, -0.05) is 22.0 Å². The molecule has 0 aliphatic carbocycles. The van der Waals surface area contributed by atoms with Crippen molar-refractivity contribution < 1.29 is 22.3 Å². The number of benzene rings is 1. The standard InChI is InChI=1S/C11H9BrF4O/c12-9-5-8(13)2-1-7(9)6-10(3-4-17-10)11(14,15)16/h1-2,5H,3-4,6H2. The summed E-state index contributed by atoms with van der Waals surface area (Å²) in [6, 6.07) is 3.63. The second-order valence-electron chi connectivity index (χ2n) is 4.00. The monoisotopic (exact) mass is 312 g/mol. The summed E-state index contributed by atoms with van der Waals surface area (Å²) in [5.41, 5.74) is -1.71. The van der Waals surface area contributed by atoms with E-state index in [0.717, 1.165) is 12.1 Å². The quantitative estimate of drug-likeness (QED) is 0.754. The first-order valence-electron chi connectivity index (χ1n) is 4.99. The van der Waals surface area contributed by atoms with E-state index in [1.807, 2.05) is 0 Å². The molecular formula is C11H9BrF4O. The summed E-state index contributed by atoms with van der Waals surface area (Å²) in [5, 5.41) is 0. The second-order valence-corrected chi connectivity index (χ2v) is 4.86. The van der Waals surface area contributed by atoms with E-state index in [1.54, 1.807) is 0 Å². The van der Waals surface area contributed by atoms with Gasteiger partial charge in [0.1, 0.15) is 5.82 Å². The zero-order chi connectivity index (χ0) is 12.7. The van der Waals surface area contributed by atoms with Crippen molar-refractivity contribution in [1.29, 1.82) is 0 Å². The minimum absolute atomic E-state index is 0.0552. The van der Waals surface area contributed by atoms with E-state index >= 15 is 0 Å². The lowest BCUT2D eigenvalue weighted by Gasteiger charge is -2.43. The lowest BCUT2D eigenvalue weighted by molar-refractivity contribution is -0.324. The molecule has 1 aliphatic heterocycles. The van der Waals surface area contributed by atoms with E-state index in [9.17, 15) is 17.6 Å². The molecule has 0 saturated carbocycles. The van der Waals surface area contributed by atoms with Gasteiger partial charge in [-0.05, 0) is 17.7 Å². The van der Waals surface area contributed by atoms with Gasteiger partial charge in [-0.2, -0.15) is 13.2 Å². The molecule has 0 spiro atoms. The van der Waals surface area contributed by atoms with Crippen LogP contribution in [-0.2, 0) is 11.2 Å². The van der Waals surface area contributed by atoms with Crippen molar-refractivity contribution in [2.75, 3.05) is 6.61 Å². The van der Waals surface area contributed by atoms with E-state index < -0.39 is 17.6 Å². The molecule has 1 fully saturated rings. The van der Waals surface area contributed by atoms with Crippen molar-refractivity contribution in [3.63, 3.8) is 0 Å². The number of ether oxygens (including phenoxy) is 1.